The highest BCUT2D eigenvalue weighted by atomic mass is 19.1. The average molecular weight is 198 g/mol. The molecular formula is C10H15FN2O. The second-order valence-corrected chi connectivity index (χ2v) is 3.86. The van der Waals surface area contributed by atoms with E-state index in [4.69, 9.17) is 5.11 Å². The quantitative estimate of drug-likeness (QED) is 0.726. The van der Waals surface area contributed by atoms with Crippen molar-refractivity contribution < 1.29 is 9.50 Å². The fraction of sp³-hybridized carbons (Fsp3) is 0.700. The second-order valence-electron chi connectivity index (χ2n) is 3.86. The van der Waals surface area contributed by atoms with Crippen LogP contribution in [0, 0.1) is 5.92 Å². The summed E-state index contributed by atoms with van der Waals surface area (Å²) in [6.45, 7) is 0.873. The molecular weight excluding hydrogens is 183 g/mol. The zero-order valence-corrected chi connectivity index (χ0v) is 8.06. The van der Waals surface area contributed by atoms with E-state index >= 15 is 0 Å². The van der Waals surface area contributed by atoms with Gasteiger partial charge in [-0.1, -0.05) is 6.08 Å². The number of allylic oxidation sites excluding steroid dienone is 2. The molecule has 2 rings (SSSR count). The van der Waals surface area contributed by atoms with Crippen LogP contribution in [-0.2, 0) is 0 Å². The average Bonchev–Trinajstić information content (AvgIpc) is 2.67. The first-order valence-corrected chi connectivity index (χ1v) is 5.05. The molecule has 1 aliphatic heterocycles. The predicted octanol–water partition coefficient (Wildman–Crippen LogP) is 1.30. The van der Waals surface area contributed by atoms with E-state index in [1.165, 1.54) is 0 Å². The monoisotopic (exact) mass is 198 g/mol. The minimum atomic E-state index is -0.682. The lowest BCUT2D eigenvalue weighted by molar-refractivity contribution is 0.231. The van der Waals surface area contributed by atoms with Crippen LogP contribution in [0.15, 0.2) is 16.9 Å². The van der Waals surface area contributed by atoms with Gasteiger partial charge >= 0.3 is 0 Å². The first-order chi connectivity index (χ1) is 6.79. The standard InChI is InChI=1S/C10H15FN2O/c11-9-1-3-10(4-2-9)13-6-8(7-14)5-12-13/h3,5,8-9,14H,1-2,4,6-7H2. The van der Waals surface area contributed by atoms with Gasteiger partial charge in [-0.2, -0.15) is 5.10 Å². The van der Waals surface area contributed by atoms with Gasteiger partial charge in [0, 0.05) is 17.8 Å². The van der Waals surface area contributed by atoms with Gasteiger partial charge in [-0.3, -0.25) is 5.01 Å². The molecule has 0 bridgehead atoms. The molecule has 2 unspecified atom stereocenters. The summed E-state index contributed by atoms with van der Waals surface area (Å²) in [4.78, 5) is 0. The molecule has 0 saturated carbocycles. The number of aliphatic hydroxyl groups excluding tert-OH is 1. The molecule has 3 nitrogen and oxygen atoms in total. The molecule has 78 valence electrons. The number of halogens is 1. The van der Waals surface area contributed by atoms with E-state index in [0.29, 0.717) is 12.8 Å². The lowest BCUT2D eigenvalue weighted by Gasteiger charge is -2.23. The largest absolute Gasteiger partial charge is 0.396 e. The molecule has 0 saturated heterocycles. The number of hydrazone groups is 1. The Morgan fingerprint density at radius 2 is 2.50 bits per heavy atom. The number of rotatable bonds is 2. The van der Waals surface area contributed by atoms with Gasteiger partial charge in [0.2, 0.25) is 0 Å². The minimum absolute atomic E-state index is 0.138. The Kier molecular flexibility index (Phi) is 2.82. The van der Waals surface area contributed by atoms with E-state index in [1.807, 2.05) is 11.1 Å². The van der Waals surface area contributed by atoms with Gasteiger partial charge in [-0.25, -0.2) is 4.39 Å². The van der Waals surface area contributed by atoms with Gasteiger partial charge in [0.05, 0.1) is 13.2 Å². The summed E-state index contributed by atoms with van der Waals surface area (Å²) < 4.78 is 12.8. The number of alkyl halides is 1. The van der Waals surface area contributed by atoms with E-state index in [-0.39, 0.29) is 12.5 Å². The van der Waals surface area contributed by atoms with Crippen LogP contribution in [0.3, 0.4) is 0 Å². The highest BCUT2D eigenvalue weighted by Crippen LogP contribution is 2.25. The molecule has 0 amide bonds. The summed E-state index contributed by atoms with van der Waals surface area (Å²) in [5.41, 5.74) is 1.10. The normalized spacial score (nSPS) is 32.1. The maximum Gasteiger partial charge on any atom is 0.104 e. The third-order valence-electron chi connectivity index (χ3n) is 2.71. The predicted molar refractivity (Wildman–Crippen MR) is 52.6 cm³/mol. The first-order valence-electron chi connectivity index (χ1n) is 5.05. The Morgan fingerprint density at radius 3 is 3.07 bits per heavy atom. The van der Waals surface area contributed by atoms with Crippen LogP contribution >= 0.6 is 0 Å². The molecule has 1 N–H and O–H groups in total. The van der Waals surface area contributed by atoms with E-state index < -0.39 is 6.17 Å². The van der Waals surface area contributed by atoms with Crippen molar-refractivity contribution in [2.45, 2.75) is 25.4 Å². The molecule has 2 aliphatic rings. The van der Waals surface area contributed by atoms with Crippen molar-refractivity contribution in [1.82, 2.24) is 5.01 Å². The van der Waals surface area contributed by atoms with E-state index in [1.54, 1.807) is 6.21 Å². The molecule has 0 aromatic carbocycles. The van der Waals surface area contributed by atoms with Gasteiger partial charge in [0.1, 0.15) is 6.17 Å². The summed E-state index contributed by atoms with van der Waals surface area (Å²) >= 11 is 0. The second kappa shape index (κ2) is 4.09. The van der Waals surface area contributed by atoms with Crippen LogP contribution in [0.2, 0.25) is 0 Å². The van der Waals surface area contributed by atoms with Crippen molar-refractivity contribution >= 4 is 6.21 Å². The first kappa shape index (κ1) is 9.65. The van der Waals surface area contributed by atoms with Crippen molar-refractivity contribution in [3.05, 3.63) is 11.8 Å². The zero-order valence-electron chi connectivity index (χ0n) is 8.06. The summed E-state index contributed by atoms with van der Waals surface area (Å²) in [7, 11) is 0. The topological polar surface area (TPSA) is 35.8 Å². The highest BCUT2D eigenvalue weighted by molar-refractivity contribution is 5.63. The van der Waals surface area contributed by atoms with Crippen LogP contribution in [-0.4, -0.2) is 35.7 Å². The maximum absolute atomic E-state index is 12.8. The van der Waals surface area contributed by atoms with Crippen LogP contribution in [0.1, 0.15) is 19.3 Å². The fourth-order valence-corrected chi connectivity index (χ4v) is 1.81. The van der Waals surface area contributed by atoms with Crippen LogP contribution in [0.4, 0.5) is 4.39 Å². The van der Waals surface area contributed by atoms with Crippen LogP contribution in [0.5, 0.6) is 0 Å². The van der Waals surface area contributed by atoms with Crippen molar-refractivity contribution in [1.29, 1.82) is 0 Å². The Labute approximate surface area is 82.9 Å². The fourth-order valence-electron chi connectivity index (χ4n) is 1.81. The van der Waals surface area contributed by atoms with Crippen LogP contribution in [0.25, 0.3) is 0 Å². The van der Waals surface area contributed by atoms with Crippen LogP contribution < -0.4 is 0 Å². The Hall–Kier alpha value is -0.900. The lowest BCUT2D eigenvalue weighted by Crippen LogP contribution is -2.22. The molecule has 1 heterocycles. The molecule has 0 radical (unpaired) electrons. The van der Waals surface area contributed by atoms with Gasteiger partial charge in [-0.05, 0) is 19.3 Å². The molecule has 0 aromatic heterocycles. The SMILES string of the molecule is OCC1C=NN(C2=CCC(F)CC2)C1. The van der Waals surface area contributed by atoms with E-state index in [2.05, 4.69) is 5.10 Å². The third kappa shape index (κ3) is 1.95. The Morgan fingerprint density at radius 1 is 1.64 bits per heavy atom. The Balaban J connectivity index is 1.94. The molecule has 0 fully saturated rings. The Bertz CT molecular complexity index is 265. The molecule has 14 heavy (non-hydrogen) atoms. The van der Waals surface area contributed by atoms with Crippen molar-refractivity contribution in [3.63, 3.8) is 0 Å². The van der Waals surface area contributed by atoms with E-state index in [9.17, 15) is 4.39 Å². The molecule has 1 aliphatic carbocycles. The smallest absolute Gasteiger partial charge is 0.104 e. The summed E-state index contributed by atoms with van der Waals surface area (Å²) in [5.74, 6) is 0.138. The minimum Gasteiger partial charge on any atom is -0.396 e. The summed E-state index contributed by atoms with van der Waals surface area (Å²) in [6.07, 6.45) is 4.87. The third-order valence-corrected chi connectivity index (χ3v) is 2.71. The highest BCUT2D eigenvalue weighted by Gasteiger charge is 2.22. The number of nitrogens with zero attached hydrogens (tertiary/aromatic N) is 2. The molecule has 0 spiro atoms. The van der Waals surface area contributed by atoms with Gasteiger partial charge in [0.25, 0.3) is 0 Å². The van der Waals surface area contributed by atoms with Crippen molar-refractivity contribution in [2.75, 3.05) is 13.2 Å². The number of hydrogen-bond donors (Lipinski definition) is 1. The molecule has 0 aromatic rings. The summed E-state index contributed by atoms with van der Waals surface area (Å²) in [6, 6.07) is 0. The molecule has 4 heteroatoms. The maximum atomic E-state index is 12.8. The molecule has 2 atom stereocenters. The zero-order chi connectivity index (χ0) is 9.97. The van der Waals surface area contributed by atoms with Gasteiger partial charge in [0.15, 0.2) is 0 Å². The van der Waals surface area contributed by atoms with Gasteiger partial charge in [-0.15, -0.1) is 0 Å². The van der Waals surface area contributed by atoms with Crippen molar-refractivity contribution in [3.8, 4) is 0 Å². The number of aliphatic hydroxyl groups is 1. The van der Waals surface area contributed by atoms with Crippen molar-refractivity contribution in [2.24, 2.45) is 11.0 Å². The van der Waals surface area contributed by atoms with Gasteiger partial charge < -0.3 is 5.11 Å². The number of hydrogen-bond acceptors (Lipinski definition) is 3. The summed E-state index contributed by atoms with van der Waals surface area (Å²) in [5, 5.41) is 15.0. The lowest BCUT2D eigenvalue weighted by atomic mass is 10.0. The van der Waals surface area contributed by atoms with E-state index in [0.717, 1.165) is 18.7 Å².